The van der Waals surface area contributed by atoms with Gasteiger partial charge in [-0.15, -0.1) is 11.3 Å². The van der Waals surface area contributed by atoms with Crippen molar-refractivity contribution in [2.45, 2.75) is 29.5 Å². The molecule has 2 aromatic rings. The third kappa shape index (κ3) is 4.20. The highest BCUT2D eigenvalue weighted by molar-refractivity contribution is 7.91. The van der Waals surface area contributed by atoms with Crippen LogP contribution >= 0.6 is 11.3 Å². The Labute approximate surface area is 170 Å². The van der Waals surface area contributed by atoms with Crippen LogP contribution in [0.4, 0.5) is 5.69 Å². The van der Waals surface area contributed by atoms with Gasteiger partial charge in [0.2, 0.25) is 0 Å². The summed E-state index contributed by atoms with van der Waals surface area (Å²) in [5.41, 5.74) is 1.03. The van der Waals surface area contributed by atoms with E-state index in [9.17, 15) is 13.5 Å². The molecule has 3 heterocycles. The third-order valence-corrected chi connectivity index (χ3v) is 8.90. The largest absolute Gasteiger partial charge is 0.508 e. The number of anilines is 1. The lowest BCUT2D eigenvalue weighted by Gasteiger charge is -2.43. The molecule has 4 rings (SSSR count). The Hall–Kier alpha value is -1.61. The van der Waals surface area contributed by atoms with Crippen molar-refractivity contribution in [1.82, 2.24) is 4.31 Å². The molecule has 6 nitrogen and oxygen atoms in total. The molecule has 2 saturated heterocycles. The first-order valence-corrected chi connectivity index (χ1v) is 12.0. The van der Waals surface area contributed by atoms with Gasteiger partial charge in [0.25, 0.3) is 10.0 Å². The van der Waals surface area contributed by atoms with Crippen molar-refractivity contribution in [3.05, 3.63) is 41.8 Å². The number of sulfonamides is 1. The first-order chi connectivity index (χ1) is 13.5. The minimum Gasteiger partial charge on any atom is -0.508 e. The zero-order valence-electron chi connectivity index (χ0n) is 15.7. The Morgan fingerprint density at radius 3 is 2.54 bits per heavy atom. The number of nitrogens with zero attached hydrogens (tertiary/aromatic N) is 2. The average molecular weight is 423 g/mol. The number of thiophene rings is 1. The number of aromatic hydroxyl groups is 1. The van der Waals surface area contributed by atoms with Crippen molar-refractivity contribution >= 4 is 27.0 Å². The first kappa shape index (κ1) is 19.7. The van der Waals surface area contributed by atoms with Crippen LogP contribution in [0.25, 0.3) is 0 Å². The molecule has 1 aromatic carbocycles. The molecule has 0 saturated carbocycles. The monoisotopic (exact) mass is 422 g/mol. The molecule has 2 fully saturated rings. The van der Waals surface area contributed by atoms with Crippen LogP contribution in [0.3, 0.4) is 0 Å². The van der Waals surface area contributed by atoms with Gasteiger partial charge in [0.15, 0.2) is 0 Å². The van der Waals surface area contributed by atoms with Crippen LogP contribution in [0, 0.1) is 5.92 Å². The highest BCUT2D eigenvalue weighted by Crippen LogP contribution is 2.31. The van der Waals surface area contributed by atoms with Crippen LogP contribution in [-0.4, -0.2) is 56.7 Å². The summed E-state index contributed by atoms with van der Waals surface area (Å²) in [4.78, 5) is 2.30. The van der Waals surface area contributed by atoms with E-state index in [0.29, 0.717) is 29.8 Å². The second-order valence-corrected chi connectivity index (χ2v) is 10.6. The summed E-state index contributed by atoms with van der Waals surface area (Å²) in [5.74, 6) is 0.784. The first-order valence-electron chi connectivity index (χ1n) is 9.71. The summed E-state index contributed by atoms with van der Waals surface area (Å²) < 4.78 is 33.6. The van der Waals surface area contributed by atoms with Crippen LogP contribution in [0.2, 0.25) is 0 Å². The second kappa shape index (κ2) is 8.41. The van der Waals surface area contributed by atoms with E-state index >= 15 is 0 Å². The zero-order chi connectivity index (χ0) is 19.6. The van der Waals surface area contributed by atoms with E-state index in [-0.39, 0.29) is 11.8 Å². The Morgan fingerprint density at radius 2 is 1.86 bits per heavy atom. The van der Waals surface area contributed by atoms with E-state index in [1.54, 1.807) is 34.0 Å². The number of phenols is 1. The van der Waals surface area contributed by atoms with Crippen LogP contribution in [0.5, 0.6) is 5.75 Å². The van der Waals surface area contributed by atoms with Crippen LogP contribution in [-0.2, 0) is 14.8 Å². The summed E-state index contributed by atoms with van der Waals surface area (Å²) >= 11 is 1.27. The van der Waals surface area contributed by atoms with Crippen molar-refractivity contribution < 1.29 is 18.3 Å². The molecule has 0 unspecified atom stereocenters. The molecular weight excluding hydrogens is 396 g/mol. The fourth-order valence-corrected chi connectivity index (χ4v) is 6.75. The lowest BCUT2D eigenvalue weighted by atomic mass is 9.91. The molecular formula is C20H26N2O4S2. The van der Waals surface area contributed by atoms with Crippen LogP contribution < -0.4 is 4.90 Å². The summed E-state index contributed by atoms with van der Waals surface area (Å²) in [7, 11) is -3.44. The summed E-state index contributed by atoms with van der Waals surface area (Å²) in [6.07, 6.45) is 3.00. The standard InChI is InChI=1S/C20H26N2O4S2/c23-19-5-3-17(4-6-19)22-10-9-21(28(24,25)20-2-1-13-27-20)15-18(22)14-16-7-11-26-12-8-16/h1-6,13,16,18,23H,7-12,14-15H2/t18-/m1/s1. The molecule has 1 N–H and O–H groups in total. The summed E-state index contributed by atoms with van der Waals surface area (Å²) in [5, 5.41) is 11.4. The highest BCUT2D eigenvalue weighted by atomic mass is 32.2. The summed E-state index contributed by atoms with van der Waals surface area (Å²) in [6, 6.07) is 10.8. The van der Waals surface area contributed by atoms with Gasteiger partial charge >= 0.3 is 0 Å². The van der Waals surface area contributed by atoms with Crippen molar-refractivity contribution in [3.63, 3.8) is 0 Å². The van der Waals surface area contributed by atoms with E-state index in [1.165, 1.54) is 11.3 Å². The molecule has 28 heavy (non-hydrogen) atoms. The molecule has 1 atom stereocenters. The Balaban J connectivity index is 1.57. The maximum absolute atomic E-state index is 13.0. The van der Waals surface area contributed by atoms with Gasteiger partial charge in [-0.25, -0.2) is 8.42 Å². The van der Waals surface area contributed by atoms with Gasteiger partial charge in [0, 0.05) is 44.6 Å². The number of phenolic OH excluding ortho intramolecular Hbond substituents is 1. The minimum atomic E-state index is -3.44. The Bertz CT molecular complexity index is 862. The lowest BCUT2D eigenvalue weighted by Crippen LogP contribution is -2.55. The number of piperazine rings is 1. The number of hydrogen-bond acceptors (Lipinski definition) is 6. The van der Waals surface area contributed by atoms with E-state index in [4.69, 9.17) is 4.74 Å². The number of rotatable bonds is 5. The molecule has 1 aromatic heterocycles. The van der Waals surface area contributed by atoms with Crippen molar-refractivity contribution in [3.8, 4) is 5.75 Å². The van der Waals surface area contributed by atoms with Gasteiger partial charge in [-0.3, -0.25) is 0 Å². The Morgan fingerprint density at radius 1 is 1.11 bits per heavy atom. The van der Waals surface area contributed by atoms with Crippen LogP contribution in [0.1, 0.15) is 19.3 Å². The molecule has 2 aliphatic heterocycles. The topological polar surface area (TPSA) is 70.1 Å². The fraction of sp³-hybridized carbons (Fsp3) is 0.500. The van der Waals surface area contributed by atoms with E-state index in [0.717, 1.165) is 38.2 Å². The molecule has 152 valence electrons. The molecule has 0 radical (unpaired) electrons. The van der Waals surface area contributed by atoms with E-state index in [2.05, 4.69) is 4.90 Å². The average Bonchev–Trinajstić information content (AvgIpc) is 3.25. The van der Waals surface area contributed by atoms with Gasteiger partial charge in [0.05, 0.1) is 0 Å². The maximum Gasteiger partial charge on any atom is 0.252 e. The van der Waals surface area contributed by atoms with Gasteiger partial charge < -0.3 is 14.7 Å². The second-order valence-electron chi connectivity index (χ2n) is 7.45. The van der Waals surface area contributed by atoms with E-state index < -0.39 is 10.0 Å². The quantitative estimate of drug-likeness (QED) is 0.802. The smallest absolute Gasteiger partial charge is 0.252 e. The molecule has 0 aliphatic carbocycles. The van der Waals surface area contributed by atoms with E-state index in [1.807, 2.05) is 12.1 Å². The van der Waals surface area contributed by atoms with Crippen LogP contribution in [0.15, 0.2) is 46.0 Å². The van der Waals surface area contributed by atoms with Gasteiger partial charge in [-0.05, 0) is 60.9 Å². The number of hydrogen-bond donors (Lipinski definition) is 1. The van der Waals surface area contributed by atoms with Crippen molar-refractivity contribution in [1.29, 1.82) is 0 Å². The molecule has 8 heteroatoms. The van der Waals surface area contributed by atoms with Crippen molar-refractivity contribution in [2.24, 2.45) is 5.92 Å². The fourth-order valence-electron chi connectivity index (χ4n) is 4.14. The summed E-state index contributed by atoms with van der Waals surface area (Å²) in [6.45, 7) is 3.16. The van der Waals surface area contributed by atoms with Crippen molar-refractivity contribution in [2.75, 3.05) is 37.7 Å². The Kier molecular flexibility index (Phi) is 5.91. The number of benzene rings is 1. The predicted octanol–water partition coefficient (Wildman–Crippen LogP) is 3.15. The minimum absolute atomic E-state index is 0.108. The highest BCUT2D eigenvalue weighted by Gasteiger charge is 2.36. The SMILES string of the molecule is O=S(=O)(c1cccs1)N1CCN(c2ccc(O)cc2)[C@H](CC2CCOCC2)C1. The predicted molar refractivity (Wildman–Crippen MR) is 110 cm³/mol. The third-order valence-electron chi connectivity index (χ3n) is 5.66. The molecule has 0 amide bonds. The normalized spacial score (nSPS) is 22.4. The maximum atomic E-state index is 13.0. The van der Waals surface area contributed by atoms with Gasteiger partial charge in [-0.2, -0.15) is 4.31 Å². The molecule has 0 spiro atoms. The number of ether oxygens (including phenoxy) is 1. The van der Waals surface area contributed by atoms with Gasteiger partial charge in [0.1, 0.15) is 9.96 Å². The lowest BCUT2D eigenvalue weighted by molar-refractivity contribution is 0.0601. The zero-order valence-corrected chi connectivity index (χ0v) is 17.4. The molecule has 2 aliphatic rings. The molecule has 0 bridgehead atoms. The van der Waals surface area contributed by atoms with Gasteiger partial charge in [-0.1, -0.05) is 6.07 Å².